The van der Waals surface area contributed by atoms with Crippen LogP contribution in [0.4, 0.5) is 0 Å². The fourth-order valence-electron chi connectivity index (χ4n) is 5.15. The first-order chi connectivity index (χ1) is 8.66. The first kappa shape index (κ1) is 12.9. The lowest BCUT2D eigenvalue weighted by Crippen LogP contribution is -2.47. The van der Waals surface area contributed by atoms with Crippen LogP contribution >= 0.6 is 0 Å². The van der Waals surface area contributed by atoms with Crippen LogP contribution in [0.15, 0.2) is 0 Å². The molecule has 6 unspecified atom stereocenters. The van der Waals surface area contributed by atoms with Gasteiger partial charge in [-0.3, -0.25) is 0 Å². The fourth-order valence-corrected chi connectivity index (χ4v) is 5.15. The van der Waals surface area contributed by atoms with Gasteiger partial charge < -0.3 is 10.6 Å². The van der Waals surface area contributed by atoms with E-state index in [-0.39, 0.29) is 0 Å². The van der Waals surface area contributed by atoms with Crippen molar-refractivity contribution in [2.45, 2.75) is 64.0 Å². The number of nitrogens with two attached hydrogens (primary N) is 1. The summed E-state index contributed by atoms with van der Waals surface area (Å²) in [6, 6.07) is 1.33. The molecule has 2 N–H and O–H groups in total. The molecular weight excluding hydrogens is 220 g/mol. The van der Waals surface area contributed by atoms with Crippen molar-refractivity contribution in [3.8, 4) is 0 Å². The van der Waals surface area contributed by atoms with Gasteiger partial charge in [0.25, 0.3) is 0 Å². The molecule has 3 saturated carbocycles. The summed E-state index contributed by atoms with van der Waals surface area (Å²) in [7, 11) is 2.35. The molecule has 0 heterocycles. The number of hydrogen-bond acceptors (Lipinski definition) is 2. The van der Waals surface area contributed by atoms with E-state index in [1.165, 1.54) is 51.5 Å². The molecule has 0 spiro atoms. The third-order valence-electron chi connectivity index (χ3n) is 6.29. The third kappa shape index (κ3) is 2.22. The van der Waals surface area contributed by atoms with Gasteiger partial charge in [-0.2, -0.15) is 0 Å². The maximum absolute atomic E-state index is 6.45. The average Bonchev–Trinajstić information content (AvgIpc) is 2.93. The zero-order chi connectivity index (χ0) is 12.7. The van der Waals surface area contributed by atoms with Gasteiger partial charge in [-0.1, -0.05) is 19.8 Å². The van der Waals surface area contributed by atoms with Crippen molar-refractivity contribution in [2.75, 3.05) is 13.6 Å². The van der Waals surface area contributed by atoms with E-state index >= 15 is 0 Å². The van der Waals surface area contributed by atoms with Gasteiger partial charge >= 0.3 is 0 Å². The molecule has 6 atom stereocenters. The minimum atomic E-state index is 0.505. The summed E-state index contributed by atoms with van der Waals surface area (Å²) in [5.74, 6) is 3.49. The molecule has 2 bridgehead atoms. The highest BCUT2D eigenvalue weighted by Gasteiger charge is 2.46. The molecule has 0 amide bonds. The predicted molar refractivity (Wildman–Crippen MR) is 76.3 cm³/mol. The van der Waals surface area contributed by atoms with E-state index in [9.17, 15) is 0 Å². The SMILES string of the molecule is CC1CCCCC1N(C)CC1C2CCC(C2)C1N. The normalized spacial score (nSPS) is 48.0. The molecule has 0 aromatic carbocycles. The molecule has 3 fully saturated rings. The summed E-state index contributed by atoms with van der Waals surface area (Å²) in [6.07, 6.45) is 10.0. The summed E-state index contributed by atoms with van der Waals surface area (Å²) < 4.78 is 0. The minimum absolute atomic E-state index is 0.505. The van der Waals surface area contributed by atoms with Crippen LogP contribution in [-0.4, -0.2) is 30.6 Å². The number of hydrogen-bond donors (Lipinski definition) is 1. The quantitative estimate of drug-likeness (QED) is 0.834. The van der Waals surface area contributed by atoms with Gasteiger partial charge in [-0.25, -0.2) is 0 Å². The zero-order valence-electron chi connectivity index (χ0n) is 12.1. The van der Waals surface area contributed by atoms with Gasteiger partial charge in [0, 0.05) is 18.6 Å². The van der Waals surface area contributed by atoms with Crippen LogP contribution in [0.3, 0.4) is 0 Å². The van der Waals surface area contributed by atoms with Crippen LogP contribution in [-0.2, 0) is 0 Å². The lowest BCUT2D eigenvalue weighted by Gasteiger charge is -2.40. The summed E-state index contributed by atoms with van der Waals surface area (Å²) in [5, 5.41) is 0. The molecule has 0 saturated heterocycles. The van der Waals surface area contributed by atoms with Gasteiger partial charge in [-0.05, 0) is 62.8 Å². The van der Waals surface area contributed by atoms with E-state index in [2.05, 4.69) is 18.9 Å². The Labute approximate surface area is 112 Å². The Bertz CT molecular complexity index is 289. The van der Waals surface area contributed by atoms with Crippen LogP contribution < -0.4 is 5.73 Å². The van der Waals surface area contributed by atoms with Crippen LogP contribution in [0, 0.1) is 23.7 Å². The smallest absolute Gasteiger partial charge is 0.0118 e. The van der Waals surface area contributed by atoms with Gasteiger partial charge in [0.15, 0.2) is 0 Å². The highest BCUT2D eigenvalue weighted by atomic mass is 15.1. The van der Waals surface area contributed by atoms with Gasteiger partial charge in [0.2, 0.25) is 0 Å². The molecule has 104 valence electrons. The molecule has 0 radical (unpaired) electrons. The average molecular weight is 250 g/mol. The second-order valence-corrected chi connectivity index (χ2v) is 7.34. The standard InChI is InChI=1S/C16H30N2/c1-11-5-3-4-6-15(11)18(2)10-14-12-7-8-13(9-12)16(14)17/h11-16H,3-10,17H2,1-2H3. The second kappa shape index (κ2) is 5.13. The molecule has 2 heteroatoms. The number of rotatable bonds is 3. The highest BCUT2D eigenvalue weighted by Crippen LogP contribution is 2.48. The minimum Gasteiger partial charge on any atom is -0.327 e. The number of fused-ring (bicyclic) bond motifs is 2. The van der Waals surface area contributed by atoms with E-state index < -0.39 is 0 Å². The summed E-state index contributed by atoms with van der Waals surface area (Å²) in [4.78, 5) is 2.66. The van der Waals surface area contributed by atoms with Crippen LogP contribution in [0.2, 0.25) is 0 Å². The lowest BCUT2D eigenvalue weighted by atomic mass is 9.82. The Hall–Kier alpha value is -0.0800. The molecule has 18 heavy (non-hydrogen) atoms. The Morgan fingerprint density at radius 3 is 2.44 bits per heavy atom. The van der Waals surface area contributed by atoms with Crippen LogP contribution in [0.5, 0.6) is 0 Å². The Morgan fingerprint density at radius 2 is 1.78 bits per heavy atom. The highest BCUT2D eigenvalue weighted by molar-refractivity contribution is 5.00. The molecule has 3 rings (SSSR count). The molecule has 3 aliphatic carbocycles. The van der Waals surface area contributed by atoms with E-state index in [4.69, 9.17) is 5.73 Å². The van der Waals surface area contributed by atoms with Crippen molar-refractivity contribution in [3.63, 3.8) is 0 Å². The Kier molecular flexibility index (Phi) is 3.68. The maximum Gasteiger partial charge on any atom is 0.0118 e. The summed E-state index contributed by atoms with van der Waals surface area (Å²) in [5.41, 5.74) is 6.45. The molecule has 0 aromatic heterocycles. The van der Waals surface area contributed by atoms with Crippen LogP contribution in [0.1, 0.15) is 51.9 Å². The summed E-state index contributed by atoms with van der Waals surface area (Å²) >= 11 is 0. The molecule has 0 aromatic rings. The van der Waals surface area contributed by atoms with Crippen molar-refractivity contribution in [3.05, 3.63) is 0 Å². The fraction of sp³-hybridized carbons (Fsp3) is 1.00. The monoisotopic (exact) mass is 250 g/mol. The molecular formula is C16H30N2. The first-order valence-corrected chi connectivity index (χ1v) is 8.12. The van der Waals surface area contributed by atoms with Gasteiger partial charge in [0.05, 0.1) is 0 Å². The van der Waals surface area contributed by atoms with Gasteiger partial charge in [0.1, 0.15) is 0 Å². The van der Waals surface area contributed by atoms with Crippen molar-refractivity contribution < 1.29 is 0 Å². The van der Waals surface area contributed by atoms with Crippen LogP contribution in [0.25, 0.3) is 0 Å². The van der Waals surface area contributed by atoms with Gasteiger partial charge in [-0.15, -0.1) is 0 Å². The predicted octanol–water partition coefficient (Wildman–Crippen LogP) is 2.87. The second-order valence-electron chi connectivity index (χ2n) is 7.34. The third-order valence-corrected chi connectivity index (χ3v) is 6.29. The van der Waals surface area contributed by atoms with Crippen molar-refractivity contribution in [1.29, 1.82) is 0 Å². The van der Waals surface area contributed by atoms with Crippen molar-refractivity contribution in [1.82, 2.24) is 4.90 Å². The van der Waals surface area contributed by atoms with E-state index in [0.29, 0.717) is 6.04 Å². The van der Waals surface area contributed by atoms with E-state index in [0.717, 1.165) is 29.7 Å². The maximum atomic E-state index is 6.45. The van der Waals surface area contributed by atoms with Crippen molar-refractivity contribution in [2.24, 2.45) is 29.4 Å². The summed E-state index contributed by atoms with van der Waals surface area (Å²) in [6.45, 7) is 3.71. The Balaban J connectivity index is 1.58. The molecule has 0 aliphatic heterocycles. The number of nitrogens with zero attached hydrogens (tertiary/aromatic N) is 1. The first-order valence-electron chi connectivity index (χ1n) is 8.12. The molecule has 3 aliphatic rings. The zero-order valence-corrected chi connectivity index (χ0v) is 12.1. The molecule has 2 nitrogen and oxygen atoms in total. The largest absolute Gasteiger partial charge is 0.327 e. The van der Waals surface area contributed by atoms with Crippen molar-refractivity contribution >= 4 is 0 Å². The van der Waals surface area contributed by atoms with E-state index in [1.54, 1.807) is 0 Å². The lowest BCUT2D eigenvalue weighted by molar-refractivity contribution is 0.101. The topological polar surface area (TPSA) is 29.3 Å². The van der Waals surface area contributed by atoms with E-state index in [1.807, 2.05) is 0 Å². The Morgan fingerprint density at radius 1 is 1.06 bits per heavy atom.